The van der Waals surface area contributed by atoms with Crippen LogP contribution in [0.3, 0.4) is 0 Å². The molecule has 1 rings (SSSR count). The average molecular weight is 211 g/mol. The highest BCUT2D eigenvalue weighted by Gasteiger charge is 2.10. The Hall–Kier alpha value is -1.49. The molecule has 0 bridgehead atoms. The molecule has 1 unspecified atom stereocenters. The van der Waals surface area contributed by atoms with Gasteiger partial charge in [-0.25, -0.2) is 0 Å². The summed E-state index contributed by atoms with van der Waals surface area (Å²) in [4.78, 5) is 11.5. The van der Waals surface area contributed by atoms with Crippen molar-refractivity contribution < 1.29 is 9.53 Å². The number of carbonyl (C=O) groups excluding carboxylic acids is 1. The smallest absolute Gasteiger partial charge is 0.243 e. The molecule has 0 saturated carbocycles. The van der Waals surface area contributed by atoms with Crippen molar-refractivity contribution in [1.82, 2.24) is 9.99 Å². The molecule has 0 spiro atoms. The van der Waals surface area contributed by atoms with E-state index in [0.717, 1.165) is 0 Å². The Balaban J connectivity index is 2.27. The van der Waals surface area contributed by atoms with E-state index in [-0.39, 0.29) is 11.9 Å². The van der Waals surface area contributed by atoms with E-state index in [1.54, 1.807) is 11.8 Å². The quantitative estimate of drug-likeness (QED) is 0.660. The van der Waals surface area contributed by atoms with E-state index in [1.165, 1.54) is 0 Å². The highest BCUT2D eigenvalue weighted by atomic mass is 16.5. The second-order valence-corrected chi connectivity index (χ2v) is 3.22. The molecule has 0 radical (unpaired) electrons. The molecule has 2 N–H and O–H groups in total. The molecule has 0 saturated heterocycles. The summed E-state index contributed by atoms with van der Waals surface area (Å²) in [6.45, 7) is 2.87. The summed E-state index contributed by atoms with van der Waals surface area (Å²) in [5, 5.41) is 2.76. The minimum absolute atomic E-state index is 0.0410. The summed E-state index contributed by atoms with van der Waals surface area (Å²) in [6, 6.07) is 3.51. The summed E-state index contributed by atoms with van der Waals surface area (Å²) in [5.74, 6) is -0.0410. The zero-order valence-corrected chi connectivity index (χ0v) is 9.06. The number of nitrogens with one attached hydrogen (secondary N) is 2. The Bertz CT molecular complexity index is 285. The first-order chi connectivity index (χ1) is 7.24. The lowest BCUT2D eigenvalue weighted by Crippen LogP contribution is -2.41. The molecule has 1 atom stereocenters. The summed E-state index contributed by atoms with van der Waals surface area (Å²) >= 11 is 0. The average Bonchev–Trinajstić information content (AvgIpc) is 2.70. The monoisotopic (exact) mass is 211 g/mol. The van der Waals surface area contributed by atoms with Crippen molar-refractivity contribution in [3.8, 4) is 0 Å². The second kappa shape index (κ2) is 6.08. The number of nitrogens with zero attached hydrogens (tertiary/aromatic N) is 1. The number of rotatable bonds is 6. The lowest BCUT2D eigenvalue weighted by atomic mass is 10.3. The van der Waals surface area contributed by atoms with E-state index in [2.05, 4.69) is 10.7 Å². The van der Waals surface area contributed by atoms with E-state index < -0.39 is 0 Å². The third-order valence-corrected chi connectivity index (χ3v) is 1.95. The van der Waals surface area contributed by atoms with E-state index in [0.29, 0.717) is 13.2 Å². The fourth-order valence-corrected chi connectivity index (χ4v) is 1.13. The molecule has 5 heteroatoms. The summed E-state index contributed by atoms with van der Waals surface area (Å²) in [6.07, 6.45) is 3.69. The van der Waals surface area contributed by atoms with E-state index in [9.17, 15) is 4.79 Å². The molecule has 1 aromatic heterocycles. The van der Waals surface area contributed by atoms with Crippen molar-refractivity contribution in [1.29, 1.82) is 0 Å². The highest BCUT2D eigenvalue weighted by Crippen LogP contribution is 1.89. The third kappa shape index (κ3) is 4.03. The molecule has 1 heterocycles. The first kappa shape index (κ1) is 11.6. The maximum absolute atomic E-state index is 11.5. The number of carbonyl (C=O) groups is 1. The van der Waals surface area contributed by atoms with Crippen LogP contribution in [0, 0.1) is 0 Å². The van der Waals surface area contributed by atoms with Gasteiger partial charge in [0.25, 0.3) is 0 Å². The van der Waals surface area contributed by atoms with Crippen molar-refractivity contribution in [2.45, 2.75) is 13.0 Å². The highest BCUT2D eigenvalue weighted by molar-refractivity contribution is 5.82. The Morgan fingerprint density at radius 3 is 2.73 bits per heavy atom. The van der Waals surface area contributed by atoms with Crippen molar-refractivity contribution >= 4 is 5.91 Å². The largest absolute Gasteiger partial charge is 0.383 e. The van der Waals surface area contributed by atoms with Crippen LogP contribution in [0.4, 0.5) is 0 Å². The Morgan fingerprint density at radius 1 is 1.47 bits per heavy atom. The Morgan fingerprint density at radius 2 is 2.13 bits per heavy atom. The van der Waals surface area contributed by atoms with Crippen molar-refractivity contribution in [2.75, 3.05) is 25.7 Å². The zero-order valence-electron chi connectivity index (χ0n) is 9.06. The zero-order chi connectivity index (χ0) is 11.1. The summed E-state index contributed by atoms with van der Waals surface area (Å²) in [5.41, 5.74) is 3.01. The van der Waals surface area contributed by atoms with Crippen molar-refractivity contribution in [3.05, 3.63) is 24.5 Å². The molecule has 0 aliphatic rings. The number of hydrogen-bond acceptors (Lipinski definition) is 3. The van der Waals surface area contributed by atoms with Crippen molar-refractivity contribution in [2.24, 2.45) is 0 Å². The number of ether oxygens (including phenoxy) is 1. The molecule has 0 aromatic carbocycles. The molecule has 0 fully saturated rings. The third-order valence-electron chi connectivity index (χ3n) is 1.95. The minimum Gasteiger partial charge on any atom is -0.383 e. The van der Waals surface area contributed by atoms with Crippen LogP contribution in [-0.4, -0.2) is 36.9 Å². The molecular weight excluding hydrogens is 194 g/mol. The SMILES string of the molecule is COCCNC(=O)C(C)Nn1cccc1. The summed E-state index contributed by atoms with van der Waals surface area (Å²) in [7, 11) is 1.60. The first-order valence-corrected chi connectivity index (χ1v) is 4.90. The van der Waals surface area contributed by atoms with Gasteiger partial charge in [0, 0.05) is 26.0 Å². The maximum atomic E-state index is 11.5. The van der Waals surface area contributed by atoms with Crippen LogP contribution < -0.4 is 10.7 Å². The predicted octanol–water partition coefficient (Wildman–Crippen LogP) is 0.183. The molecule has 15 heavy (non-hydrogen) atoms. The van der Waals surface area contributed by atoms with Gasteiger partial charge in [0.1, 0.15) is 6.04 Å². The van der Waals surface area contributed by atoms with Crippen LogP contribution in [0.15, 0.2) is 24.5 Å². The van der Waals surface area contributed by atoms with E-state index >= 15 is 0 Å². The molecule has 0 aliphatic heterocycles. The molecule has 0 aliphatic carbocycles. The van der Waals surface area contributed by atoms with E-state index in [1.807, 2.05) is 31.5 Å². The Labute approximate surface area is 89.4 Å². The normalized spacial score (nSPS) is 12.1. The van der Waals surface area contributed by atoms with Gasteiger partial charge < -0.3 is 15.5 Å². The van der Waals surface area contributed by atoms with Gasteiger partial charge >= 0.3 is 0 Å². The predicted molar refractivity (Wildman–Crippen MR) is 58.1 cm³/mol. The lowest BCUT2D eigenvalue weighted by Gasteiger charge is -2.15. The number of hydrogen-bond donors (Lipinski definition) is 2. The van der Waals surface area contributed by atoms with Gasteiger partial charge in [0.15, 0.2) is 0 Å². The molecule has 1 amide bonds. The molecule has 1 aromatic rings. The van der Waals surface area contributed by atoms with Gasteiger partial charge in [-0.2, -0.15) is 0 Å². The molecular formula is C10H17N3O2. The van der Waals surface area contributed by atoms with Crippen LogP contribution >= 0.6 is 0 Å². The standard InChI is InChI=1S/C10H17N3O2/c1-9(10(14)11-5-8-15-2)12-13-6-3-4-7-13/h3-4,6-7,9,12H,5,8H2,1-2H3,(H,11,14). The van der Waals surface area contributed by atoms with E-state index in [4.69, 9.17) is 4.74 Å². The van der Waals surface area contributed by atoms with Crippen LogP contribution in [0.1, 0.15) is 6.92 Å². The maximum Gasteiger partial charge on any atom is 0.243 e. The van der Waals surface area contributed by atoms with Crippen LogP contribution in [0.5, 0.6) is 0 Å². The topological polar surface area (TPSA) is 55.3 Å². The lowest BCUT2D eigenvalue weighted by molar-refractivity contribution is -0.121. The summed E-state index contributed by atoms with van der Waals surface area (Å²) < 4.78 is 6.59. The second-order valence-electron chi connectivity index (χ2n) is 3.22. The number of amides is 1. The fraction of sp³-hybridized carbons (Fsp3) is 0.500. The van der Waals surface area contributed by atoms with Crippen LogP contribution in [0.25, 0.3) is 0 Å². The van der Waals surface area contributed by atoms with Crippen LogP contribution in [-0.2, 0) is 9.53 Å². The Kier molecular flexibility index (Phi) is 4.70. The van der Waals surface area contributed by atoms with Crippen molar-refractivity contribution in [3.63, 3.8) is 0 Å². The first-order valence-electron chi connectivity index (χ1n) is 4.90. The number of methoxy groups -OCH3 is 1. The van der Waals surface area contributed by atoms with Gasteiger partial charge in [0.05, 0.1) is 6.61 Å². The van der Waals surface area contributed by atoms with Gasteiger partial charge in [-0.3, -0.25) is 9.47 Å². The van der Waals surface area contributed by atoms with Gasteiger partial charge in [-0.15, -0.1) is 0 Å². The number of aromatic nitrogens is 1. The van der Waals surface area contributed by atoms with Gasteiger partial charge in [0.2, 0.25) is 5.91 Å². The van der Waals surface area contributed by atoms with Crippen LogP contribution in [0.2, 0.25) is 0 Å². The minimum atomic E-state index is -0.269. The molecule has 84 valence electrons. The fourth-order valence-electron chi connectivity index (χ4n) is 1.13. The van der Waals surface area contributed by atoms with Gasteiger partial charge in [-0.1, -0.05) is 0 Å². The van der Waals surface area contributed by atoms with Gasteiger partial charge in [-0.05, 0) is 19.1 Å². The molecule has 5 nitrogen and oxygen atoms in total.